The van der Waals surface area contributed by atoms with Gasteiger partial charge < -0.3 is 4.74 Å². The molecular formula is C13H16O. The highest BCUT2D eigenvalue weighted by Crippen LogP contribution is 2.24. The molecule has 0 fully saturated rings. The van der Waals surface area contributed by atoms with Crippen molar-refractivity contribution in [2.75, 3.05) is 7.11 Å². The fourth-order valence-electron chi connectivity index (χ4n) is 1.55. The van der Waals surface area contributed by atoms with Crippen LogP contribution in [0.25, 0.3) is 10.8 Å². The summed E-state index contributed by atoms with van der Waals surface area (Å²) in [5, 5.41) is 2.49. The van der Waals surface area contributed by atoms with Crippen LogP contribution in [0.1, 0.15) is 13.0 Å². The normalized spacial score (nSPS) is 9.57. The van der Waals surface area contributed by atoms with Crippen LogP contribution >= 0.6 is 0 Å². The fourth-order valence-corrected chi connectivity index (χ4v) is 1.55. The van der Waals surface area contributed by atoms with Crippen molar-refractivity contribution in [3.8, 4) is 5.75 Å². The van der Waals surface area contributed by atoms with Crippen LogP contribution in [0.5, 0.6) is 5.75 Å². The molecule has 74 valence electrons. The Hall–Kier alpha value is -1.50. The van der Waals surface area contributed by atoms with Crippen molar-refractivity contribution in [1.82, 2.24) is 0 Å². The lowest BCUT2D eigenvalue weighted by Crippen LogP contribution is -1.86. The minimum Gasteiger partial charge on any atom is -0.496 e. The first-order chi connectivity index (χ1) is 6.31. The summed E-state index contributed by atoms with van der Waals surface area (Å²) in [5.74, 6) is 0.957. The number of rotatable bonds is 1. The molecule has 0 atom stereocenters. The van der Waals surface area contributed by atoms with Crippen LogP contribution in [-0.4, -0.2) is 7.11 Å². The highest BCUT2D eigenvalue weighted by molar-refractivity contribution is 5.84. The molecule has 0 aliphatic heterocycles. The van der Waals surface area contributed by atoms with Crippen LogP contribution in [0.4, 0.5) is 0 Å². The zero-order valence-corrected chi connectivity index (χ0v) is 7.87. The van der Waals surface area contributed by atoms with Crippen LogP contribution in [0.3, 0.4) is 0 Å². The molecule has 0 aromatic heterocycles. The Morgan fingerprint density at radius 2 is 1.57 bits per heavy atom. The Bertz CT molecular complexity index is 432. The van der Waals surface area contributed by atoms with E-state index < -0.39 is 0 Å². The van der Waals surface area contributed by atoms with Crippen molar-refractivity contribution in [3.63, 3.8) is 0 Å². The van der Waals surface area contributed by atoms with Crippen molar-refractivity contribution < 1.29 is 4.74 Å². The lowest BCUT2D eigenvalue weighted by molar-refractivity contribution is 0.412. The molecule has 0 saturated carbocycles. The molecule has 0 saturated heterocycles. The molecule has 0 aliphatic rings. The summed E-state index contributed by atoms with van der Waals surface area (Å²) in [5.41, 5.74) is 1.18. The predicted molar refractivity (Wildman–Crippen MR) is 62.0 cm³/mol. The smallest absolute Gasteiger partial charge is 0.122 e. The van der Waals surface area contributed by atoms with Gasteiger partial charge in [0.1, 0.15) is 5.75 Å². The molecule has 0 bridgehead atoms. The Morgan fingerprint density at radius 3 is 2.14 bits per heavy atom. The number of fused-ring (bicyclic) bond motifs is 1. The number of benzene rings is 2. The summed E-state index contributed by atoms with van der Waals surface area (Å²) in [7, 11) is 1.71. The van der Waals surface area contributed by atoms with Crippen LogP contribution in [0, 0.1) is 6.92 Å². The standard InChI is InChI=1S/C12H12O.CH4/c1-9-7-10-5-3-4-6-11(10)8-12(9)13-2;/h3-8H,1-2H3;1H4. The van der Waals surface area contributed by atoms with Crippen LogP contribution in [0.2, 0.25) is 0 Å². The van der Waals surface area contributed by atoms with E-state index >= 15 is 0 Å². The maximum Gasteiger partial charge on any atom is 0.122 e. The zero-order chi connectivity index (χ0) is 9.26. The Kier molecular flexibility index (Phi) is 3.13. The third-order valence-electron chi connectivity index (χ3n) is 2.26. The Labute approximate surface area is 85.3 Å². The van der Waals surface area contributed by atoms with Gasteiger partial charge in [0.15, 0.2) is 0 Å². The van der Waals surface area contributed by atoms with Crippen molar-refractivity contribution >= 4 is 10.8 Å². The van der Waals surface area contributed by atoms with Gasteiger partial charge >= 0.3 is 0 Å². The SMILES string of the molecule is C.COc1cc2ccccc2cc1C. The van der Waals surface area contributed by atoms with E-state index in [-0.39, 0.29) is 7.43 Å². The van der Waals surface area contributed by atoms with Gasteiger partial charge in [0.2, 0.25) is 0 Å². The summed E-state index contributed by atoms with van der Waals surface area (Å²) in [6.07, 6.45) is 0. The number of ether oxygens (including phenoxy) is 1. The minimum atomic E-state index is 0. The molecule has 1 nitrogen and oxygen atoms in total. The molecule has 2 aromatic rings. The van der Waals surface area contributed by atoms with Crippen LogP contribution in [0.15, 0.2) is 36.4 Å². The maximum absolute atomic E-state index is 5.25. The van der Waals surface area contributed by atoms with Crippen molar-refractivity contribution in [2.45, 2.75) is 14.4 Å². The molecule has 0 aliphatic carbocycles. The molecule has 0 spiro atoms. The number of hydrogen-bond acceptors (Lipinski definition) is 1. The molecular weight excluding hydrogens is 172 g/mol. The van der Waals surface area contributed by atoms with E-state index in [1.165, 1.54) is 16.3 Å². The average molecular weight is 188 g/mol. The molecule has 0 heterocycles. The fraction of sp³-hybridized carbons (Fsp3) is 0.231. The topological polar surface area (TPSA) is 9.23 Å². The lowest BCUT2D eigenvalue weighted by Gasteiger charge is -2.06. The van der Waals surface area contributed by atoms with E-state index in [4.69, 9.17) is 4.74 Å². The summed E-state index contributed by atoms with van der Waals surface area (Å²) < 4.78 is 5.25. The molecule has 2 rings (SSSR count). The first kappa shape index (κ1) is 10.6. The number of aryl methyl sites for hydroxylation is 1. The first-order valence-corrected chi connectivity index (χ1v) is 4.34. The Morgan fingerprint density at radius 1 is 1.00 bits per heavy atom. The van der Waals surface area contributed by atoms with Crippen molar-refractivity contribution in [1.29, 1.82) is 0 Å². The molecule has 1 heteroatoms. The second-order valence-corrected chi connectivity index (χ2v) is 3.17. The van der Waals surface area contributed by atoms with Crippen molar-refractivity contribution in [2.24, 2.45) is 0 Å². The largest absolute Gasteiger partial charge is 0.496 e. The monoisotopic (exact) mass is 188 g/mol. The molecule has 14 heavy (non-hydrogen) atoms. The minimum absolute atomic E-state index is 0. The van der Waals surface area contributed by atoms with Crippen molar-refractivity contribution in [3.05, 3.63) is 42.0 Å². The molecule has 0 N–H and O–H groups in total. The summed E-state index contributed by atoms with van der Waals surface area (Å²) in [6, 6.07) is 12.5. The van der Waals surface area contributed by atoms with Gasteiger partial charge in [-0.3, -0.25) is 0 Å². The van der Waals surface area contributed by atoms with E-state index in [1.54, 1.807) is 7.11 Å². The number of hydrogen-bond donors (Lipinski definition) is 0. The van der Waals surface area contributed by atoms with E-state index in [9.17, 15) is 0 Å². The van der Waals surface area contributed by atoms with Gasteiger partial charge in [0.05, 0.1) is 7.11 Å². The summed E-state index contributed by atoms with van der Waals surface area (Å²) >= 11 is 0. The lowest BCUT2D eigenvalue weighted by atomic mass is 10.1. The second-order valence-electron chi connectivity index (χ2n) is 3.17. The average Bonchev–Trinajstić information content (AvgIpc) is 2.17. The van der Waals surface area contributed by atoms with E-state index in [0.717, 1.165) is 5.75 Å². The van der Waals surface area contributed by atoms with Gasteiger partial charge in [-0.25, -0.2) is 0 Å². The quantitative estimate of drug-likeness (QED) is 0.661. The van der Waals surface area contributed by atoms with E-state index in [0.29, 0.717) is 0 Å². The van der Waals surface area contributed by atoms with Gasteiger partial charge in [-0.05, 0) is 35.4 Å². The van der Waals surface area contributed by atoms with E-state index in [2.05, 4.69) is 31.2 Å². The highest BCUT2D eigenvalue weighted by Gasteiger charge is 1.99. The molecule has 0 radical (unpaired) electrons. The Balaban J connectivity index is 0.000000980. The highest BCUT2D eigenvalue weighted by atomic mass is 16.5. The van der Waals surface area contributed by atoms with E-state index in [1.807, 2.05) is 12.1 Å². The van der Waals surface area contributed by atoms with Gasteiger partial charge in [0.25, 0.3) is 0 Å². The zero-order valence-electron chi connectivity index (χ0n) is 7.87. The molecule has 0 amide bonds. The van der Waals surface area contributed by atoms with Gasteiger partial charge in [-0.1, -0.05) is 31.7 Å². The number of methoxy groups -OCH3 is 1. The van der Waals surface area contributed by atoms with Gasteiger partial charge in [0, 0.05) is 0 Å². The molecule has 2 aromatic carbocycles. The second kappa shape index (κ2) is 4.14. The van der Waals surface area contributed by atoms with Crippen LogP contribution < -0.4 is 4.74 Å². The summed E-state index contributed by atoms with van der Waals surface area (Å²) in [4.78, 5) is 0. The van der Waals surface area contributed by atoms with Gasteiger partial charge in [-0.2, -0.15) is 0 Å². The summed E-state index contributed by atoms with van der Waals surface area (Å²) in [6.45, 7) is 2.06. The first-order valence-electron chi connectivity index (χ1n) is 4.34. The van der Waals surface area contributed by atoms with Gasteiger partial charge in [-0.15, -0.1) is 0 Å². The maximum atomic E-state index is 5.25. The third-order valence-corrected chi connectivity index (χ3v) is 2.26. The molecule has 0 unspecified atom stereocenters. The predicted octanol–water partition coefficient (Wildman–Crippen LogP) is 3.79. The third kappa shape index (κ3) is 1.72. The van der Waals surface area contributed by atoms with Crippen LogP contribution in [-0.2, 0) is 0 Å².